The number of carbonyl (C=O) groups is 1. The normalized spacial score (nSPS) is 14.4. The van der Waals surface area contributed by atoms with E-state index in [0.29, 0.717) is 13.0 Å². The summed E-state index contributed by atoms with van der Waals surface area (Å²) in [6.45, 7) is 3.48. The van der Waals surface area contributed by atoms with Gasteiger partial charge in [0.05, 0.1) is 26.4 Å². The van der Waals surface area contributed by atoms with Crippen molar-refractivity contribution >= 4 is 13.8 Å². The van der Waals surface area contributed by atoms with Gasteiger partial charge in [-0.2, -0.15) is 0 Å². The molecule has 0 saturated carbocycles. The molecule has 0 heterocycles. The number of unbranched alkanes of at least 4 members (excludes halogenated alkanes) is 22. The van der Waals surface area contributed by atoms with E-state index in [0.717, 1.165) is 57.8 Å². The van der Waals surface area contributed by atoms with Crippen LogP contribution in [0.5, 0.6) is 0 Å². The summed E-state index contributed by atoms with van der Waals surface area (Å²) >= 11 is 0. The number of phosphoric ester groups is 1. The minimum Gasteiger partial charge on any atom is -0.457 e. The maximum Gasteiger partial charge on any atom is 0.472 e. The fourth-order valence-electron chi connectivity index (χ4n) is 5.67. The predicted octanol–water partition coefficient (Wildman–Crippen LogP) is 11.1. The van der Waals surface area contributed by atoms with E-state index in [9.17, 15) is 19.4 Å². The van der Waals surface area contributed by atoms with Crippen LogP contribution in [0.1, 0.15) is 187 Å². The van der Waals surface area contributed by atoms with Crippen molar-refractivity contribution in [2.24, 2.45) is 0 Å². The molecule has 3 N–H and O–H groups in total. The fourth-order valence-corrected chi connectivity index (χ4v) is 6.46. The van der Waals surface area contributed by atoms with Crippen molar-refractivity contribution in [1.82, 2.24) is 0 Å². The lowest BCUT2D eigenvalue weighted by Crippen LogP contribution is -2.29. The molecule has 10 heteroatoms. The van der Waals surface area contributed by atoms with Gasteiger partial charge >= 0.3 is 13.8 Å². The van der Waals surface area contributed by atoms with E-state index in [2.05, 4.69) is 38.2 Å². The first-order valence-corrected chi connectivity index (χ1v) is 22.3. The van der Waals surface area contributed by atoms with Crippen LogP contribution in [-0.2, 0) is 27.9 Å². The zero-order chi connectivity index (χ0) is 37.5. The highest BCUT2D eigenvalue weighted by molar-refractivity contribution is 7.47. The van der Waals surface area contributed by atoms with Crippen LogP contribution in [-0.4, -0.2) is 66.3 Å². The molecule has 0 aromatic heterocycles. The van der Waals surface area contributed by atoms with Gasteiger partial charge in [0.2, 0.25) is 0 Å². The molecule has 3 unspecified atom stereocenters. The number of ether oxygens (including phenoxy) is 2. The van der Waals surface area contributed by atoms with Crippen molar-refractivity contribution in [3.05, 3.63) is 24.3 Å². The standard InChI is InChI=1S/C41H79O9P/c1-3-5-7-9-11-13-15-17-19-20-22-24-26-28-30-32-34-47-37-40(38-49-51(45,46)48-36-39(43)35-42)50-41(44)33-31-29-27-25-23-21-18-16-14-12-10-8-6-4-2/h10,12,16,18,39-40,42-43H,3-9,11,13-15,17,19-38H2,1-2H3,(H,45,46)/b12-10-,18-16-. The summed E-state index contributed by atoms with van der Waals surface area (Å²) in [5.41, 5.74) is 0. The molecule has 0 fully saturated rings. The maximum absolute atomic E-state index is 12.6. The number of rotatable bonds is 40. The van der Waals surface area contributed by atoms with Crippen molar-refractivity contribution in [3.63, 3.8) is 0 Å². The Morgan fingerprint density at radius 2 is 1.08 bits per heavy atom. The number of phosphoric acid groups is 1. The summed E-state index contributed by atoms with van der Waals surface area (Å²) in [7, 11) is -4.51. The molecule has 0 spiro atoms. The first-order chi connectivity index (χ1) is 24.8. The highest BCUT2D eigenvalue weighted by Crippen LogP contribution is 2.43. The molecule has 9 nitrogen and oxygen atoms in total. The number of aliphatic hydroxyl groups excluding tert-OH is 2. The Morgan fingerprint density at radius 1 is 0.608 bits per heavy atom. The van der Waals surface area contributed by atoms with Crippen LogP contribution in [0.3, 0.4) is 0 Å². The van der Waals surface area contributed by atoms with Crippen LogP contribution in [0.2, 0.25) is 0 Å². The number of aliphatic hydroxyl groups is 2. The molecule has 0 aromatic carbocycles. The van der Waals surface area contributed by atoms with Gasteiger partial charge in [0.1, 0.15) is 12.2 Å². The summed E-state index contributed by atoms with van der Waals surface area (Å²) in [6.07, 6.45) is 38.4. The van der Waals surface area contributed by atoms with Gasteiger partial charge in [0.25, 0.3) is 0 Å². The zero-order valence-electron chi connectivity index (χ0n) is 32.8. The van der Waals surface area contributed by atoms with E-state index < -0.39 is 39.2 Å². The van der Waals surface area contributed by atoms with E-state index in [1.165, 1.54) is 103 Å². The molecule has 0 radical (unpaired) electrons. The lowest BCUT2D eigenvalue weighted by atomic mass is 10.0. The molecule has 302 valence electrons. The van der Waals surface area contributed by atoms with Crippen molar-refractivity contribution < 1.29 is 43.0 Å². The molecule has 0 saturated heterocycles. The number of allylic oxidation sites excluding steroid dienone is 4. The Balaban J connectivity index is 4.19. The largest absolute Gasteiger partial charge is 0.472 e. The van der Waals surface area contributed by atoms with Crippen LogP contribution >= 0.6 is 7.82 Å². The van der Waals surface area contributed by atoms with Crippen LogP contribution < -0.4 is 0 Å². The zero-order valence-corrected chi connectivity index (χ0v) is 33.7. The molecular weight excluding hydrogens is 667 g/mol. The van der Waals surface area contributed by atoms with Crippen molar-refractivity contribution in [2.75, 3.05) is 33.0 Å². The van der Waals surface area contributed by atoms with Crippen molar-refractivity contribution in [3.8, 4) is 0 Å². The molecule has 51 heavy (non-hydrogen) atoms. The van der Waals surface area contributed by atoms with Gasteiger partial charge in [-0.1, -0.05) is 167 Å². The van der Waals surface area contributed by atoms with Crippen LogP contribution in [0.15, 0.2) is 24.3 Å². The molecule has 0 aliphatic heterocycles. The second-order valence-electron chi connectivity index (χ2n) is 14.0. The first-order valence-electron chi connectivity index (χ1n) is 20.8. The molecule has 3 atom stereocenters. The Labute approximate surface area is 313 Å². The second kappa shape index (κ2) is 38.7. The number of hydrogen-bond donors (Lipinski definition) is 3. The summed E-state index contributed by atoms with van der Waals surface area (Å²) in [6, 6.07) is 0. The van der Waals surface area contributed by atoms with E-state index in [-0.39, 0.29) is 19.6 Å². The topological polar surface area (TPSA) is 132 Å². The molecule has 0 aliphatic carbocycles. The molecule has 0 aliphatic rings. The number of hydrogen-bond acceptors (Lipinski definition) is 8. The van der Waals surface area contributed by atoms with Gasteiger partial charge in [-0.15, -0.1) is 0 Å². The van der Waals surface area contributed by atoms with E-state index in [1.807, 2.05) is 0 Å². The number of carbonyl (C=O) groups excluding carboxylic acids is 1. The Hall–Kier alpha value is -1.06. The van der Waals surface area contributed by atoms with Crippen molar-refractivity contribution in [1.29, 1.82) is 0 Å². The van der Waals surface area contributed by atoms with Gasteiger partial charge in [-0.05, 0) is 38.5 Å². The molecule has 0 rings (SSSR count). The highest BCUT2D eigenvalue weighted by atomic mass is 31.2. The smallest absolute Gasteiger partial charge is 0.457 e. The average molecular weight is 747 g/mol. The van der Waals surface area contributed by atoms with Crippen LogP contribution in [0, 0.1) is 0 Å². The molecule has 0 aromatic rings. The number of esters is 1. The van der Waals surface area contributed by atoms with E-state index >= 15 is 0 Å². The maximum atomic E-state index is 12.6. The van der Waals surface area contributed by atoms with Crippen LogP contribution in [0.4, 0.5) is 0 Å². The van der Waals surface area contributed by atoms with Crippen molar-refractivity contribution in [2.45, 2.75) is 199 Å². The molecule has 0 amide bonds. The monoisotopic (exact) mass is 747 g/mol. The average Bonchev–Trinajstić information content (AvgIpc) is 3.12. The predicted molar refractivity (Wildman–Crippen MR) is 210 cm³/mol. The van der Waals surface area contributed by atoms with Gasteiger partial charge in [0.15, 0.2) is 0 Å². The summed E-state index contributed by atoms with van der Waals surface area (Å²) < 4.78 is 33.3. The van der Waals surface area contributed by atoms with Gasteiger partial charge < -0.3 is 24.6 Å². The quantitative estimate of drug-likeness (QED) is 0.0242. The molecule has 0 bridgehead atoms. The van der Waals surface area contributed by atoms with Crippen LogP contribution in [0.25, 0.3) is 0 Å². The minimum absolute atomic E-state index is 0.0474. The van der Waals surface area contributed by atoms with Gasteiger partial charge in [-0.3, -0.25) is 13.8 Å². The third-order valence-electron chi connectivity index (χ3n) is 8.89. The lowest BCUT2D eigenvalue weighted by Gasteiger charge is -2.20. The molecular formula is C41H79O9P. The highest BCUT2D eigenvalue weighted by Gasteiger charge is 2.26. The minimum atomic E-state index is -4.51. The lowest BCUT2D eigenvalue weighted by molar-refractivity contribution is -0.154. The van der Waals surface area contributed by atoms with E-state index in [4.69, 9.17) is 23.6 Å². The summed E-state index contributed by atoms with van der Waals surface area (Å²) in [5.74, 6) is -0.395. The SMILES string of the molecule is CCCC/C=C\C/C=C\CCCCCCCC(=O)OC(COCCCCCCCCCCCCCCCCCC)COP(=O)(O)OCC(O)CO. The van der Waals surface area contributed by atoms with E-state index in [1.54, 1.807) is 0 Å². The fraction of sp³-hybridized carbons (Fsp3) is 0.878. The third kappa shape index (κ3) is 38.5. The first kappa shape index (κ1) is 49.9. The summed E-state index contributed by atoms with van der Waals surface area (Å²) in [4.78, 5) is 22.5. The summed E-state index contributed by atoms with van der Waals surface area (Å²) in [5, 5.41) is 18.3. The second-order valence-corrected chi connectivity index (χ2v) is 15.5. The Morgan fingerprint density at radius 3 is 1.63 bits per heavy atom. The van der Waals surface area contributed by atoms with Gasteiger partial charge in [-0.25, -0.2) is 4.57 Å². The Kier molecular flexibility index (Phi) is 37.9. The Bertz CT molecular complexity index is 851. The third-order valence-corrected chi connectivity index (χ3v) is 9.84. The van der Waals surface area contributed by atoms with Gasteiger partial charge in [0, 0.05) is 13.0 Å².